The van der Waals surface area contributed by atoms with Gasteiger partial charge in [0.1, 0.15) is 11.5 Å². The monoisotopic (exact) mass is 544 g/mol. The van der Waals surface area contributed by atoms with Crippen LogP contribution in [0.25, 0.3) is 71.6 Å². The molecule has 1 aliphatic heterocycles. The highest BCUT2D eigenvalue weighted by Crippen LogP contribution is 2.50. The molecule has 0 atom stereocenters. The van der Waals surface area contributed by atoms with Crippen LogP contribution in [0.3, 0.4) is 0 Å². The van der Waals surface area contributed by atoms with Crippen LogP contribution in [0, 0.1) is 0 Å². The molecule has 1 aliphatic rings. The molecule has 0 N–H and O–H groups in total. The second-order valence-corrected chi connectivity index (χ2v) is 10.2. The molecule has 196 valence electrons. The van der Waals surface area contributed by atoms with E-state index in [1.54, 1.807) is 24.3 Å². The first-order chi connectivity index (χ1) is 24.6. The maximum Gasteiger partial charge on any atom is 0.135 e. The fourth-order valence-electron chi connectivity index (χ4n) is 6.24. The summed E-state index contributed by atoms with van der Waals surface area (Å²) in [5.41, 5.74) is 4.88. The minimum atomic E-state index is -0.458. The summed E-state index contributed by atoms with van der Waals surface area (Å²) in [6.07, 6.45) is 0. The molecular weight excluding hydrogens is 510 g/mol. The molecule has 1 aromatic heterocycles. The Morgan fingerprint density at radius 1 is 0.476 bits per heavy atom. The number of hydrogen-bond donors (Lipinski definition) is 0. The maximum absolute atomic E-state index is 9.20. The molecule has 2 heterocycles. The fraction of sp³-hybridized carbons (Fsp3) is 0. The largest absolute Gasteiger partial charge is 0.456 e. The molecule has 0 fully saturated rings. The Hall–Kier alpha value is -5.60. The van der Waals surface area contributed by atoms with Gasteiger partial charge in [0.2, 0.25) is 0 Å². The molecule has 9 rings (SSSR count). The Kier molecular flexibility index (Phi) is 3.41. The summed E-state index contributed by atoms with van der Waals surface area (Å²) in [7, 11) is 0. The average Bonchev–Trinajstić information content (AvgIpc) is 3.48. The van der Waals surface area contributed by atoms with Crippen LogP contribution in [0.1, 0.15) is 12.3 Å². The number of ether oxygens (including phenoxy) is 1. The van der Waals surface area contributed by atoms with Crippen molar-refractivity contribution in [1.82, 2.24) is 4.57 Å². The van der Waals surface area contributed by atoms with E-state index >= 15 is 0 Å². The number of nitrogens with zero attached hydrogens (tertiary/aromatic N) is 1. The minimum absolute atomic E-state index is 0.0975. The second kappa shape index (κ2) is 8.95. The summed E-state index contributed by atoms with van der Waals surface area (Å²) in [4.78, 5) is 0. The van der Waals surface area contributed by atoms with Crippen molar-refractivity contribution in [2.75, 3.05) is 0 Å². The lowest BCUT2D eigenvalue weighted by Crippen LogP contribution is -2.00. The fourth-order valence-corrected chi connectivity index (χ4v) is 6.24. The van der Waals surface area contributed by atoms with E-state index in [9.17, 15) is 2.74 Å². The van der Waals surface area contributed by atoms with Gasteiger partial charge in [0.25, 0.3) is 0 Å². The number of aromatic nitrogens is 1. The van der Waals surface area contributed by atoms with Gasteiger partial charge in [-0.25, -0.2) is 0 Å². The molecule has 0 aliphatic carbocycles. The molecule has 0 radical (unpaired) electrons. The summed E-state index contributed by atoms with van der Waals surface area (Å²) in [5, 5.41) is 3.27. The summed E-state index contributed by atoms with van der Waals surface area (Å²) in [5.74, 6) is 1.10. The molecule has 0 spiro atoms. The number of para-hydroxylation sites is 3. The Morgan fingerprint density at radius 3 is 1.98 bits per heavy atom. The van der Waals surface area contributed by atoms with Crippen molar-refractivity contribution in [2.45, 2.75) is 0 Å². The van der Waals surface area contributed by atoms with Crippen LogP contribution < -0.4 is 4.74 Å². The molecule has 8 aromatic rings. The second-order valence-electron chi connectivity index (χ2n) is 10.2. The van der Waals surface area contributed by atoms with Gasteiger partial charge in [0, 0.05) is 27.3 Å². The lowest BCUT2D eigenvalue weighted by Gasteiger charge is -2.23. The Morgan fingerprint density at radius 2 is 1.17 bits per heavy atom. The first-order valence-corrected chi connectivity index (χ1v) is 13.6. The van der Waals surface area contributed by atoms with E-state index in [2.05, 4.69) is 0 Å². The van der Waals surface area contributed by atoms with Crippen molar-refractivity contribution in [3.8, 4) is 50.6 Å². The smallest absolute Gasteiger partial charge is 0.135 e. The topological polar surface area (TPSA) is 14.2 Å². The van der Waals surface area contributed by atoms with E-state index in [1.165, 1.54) is 0 Å². The van der Waals surface area contributed by atoms with Gasteiger partial charge in [-0.3, -0.25) is 0 Å². The lowest BCUT2D eigenvalue weighted by molar-refractivity contribution is 0.487. The molecule has 7 aromatic carbocycles. The van der Waals surface area contributed by atoms with Gasteiger partial charge >= 0.3 is 0 Å². The van der Waals surface area contributed by atoms with Gasteiger partial charge in [0.15, 0.2) is 0 Å². The molecule has 0 bridgehead atoms. The number of fused-ring (bicyclic) bond motifs is 5. The van der Waals surface area contributed by atoms with E-state index in [-0.39, 0.29) is 41.8 Å². The minimum Gasteiger partial charge on any atom is -0.456 e. The first kappa shape index (κ1) is 16.0. The number of hydrogen-bond acceptors (Lipinski definition) is 1. The zero-order valence-corrected chi connectivity index (χ0v) is 22.1. The third-order valence-corrected chi connectivity index (χ3v) is 8.02. The van der Waals surface area contributed by atoms with Crippen LogP contribution in [0.2, 0.25) is 0 Å². The van der Waals surface area contributed by atoms with Gasteiger partial charge in [-0.2, -0.15) is 0 Å². The van der Waals surface area contributed by atoms with Crippen molar-refractivity contribution >= 4 is 32.6 Å². The Bertz CT molecular complexity index is 2760. The summed E-state index contributed by atoms with van der Waals surface area (Å²) < 4.78 is 86.0. The van der Waals surface area contributed by atoms with Gasteiger partial charge in [0.05, 0.1) is 29.1 Å². The van der Waals surface area contributed by atoms with Crippen molar-refractivity contribution in [3.63, 3.8) is 0 Å². The predicted molar refractivity (Wildman–Crippen MR) is 175 cm³/mol. The Balaban J connectivity index is 1.32. The highest BCUT2D eigenvalue weighted by Gasteiger charge is 2.23. The van der Waals surface area contributed by atoms with Crippen molar-refractivity contribution in [1.29, 1.82) is 0 Å². The maximum atomic E-state index is 9.20. The van der Waals surface area contributed by atoms with Gasteiger partial charge in [-0.1, -0.05) is 115 Å². The third kappa shape index (κ3) is 3.33. The molecular formula is C40H25NO. The first-order valence-electron chi connectivity index (χ1n) is 18.1. The zero-order chi connectivity index (χ0) is 35.5. The van der Waals surface area contributed by atoms with Crippen LogP contribution in [0.15, 0.2) is 151 Å². The predicted octanol–water partition coefficient (Wildman–Crippen LogP) is 11.0. The zero-order valence-electron chi connectivity index (χ0n) is 31.1. The summed E-state index contributed by atoms with van der Waals surface area (Å²) in [6, 6.07) is 27.3. The molecule has 0 amide bonds. The van der Waals surface area contributed by atoms with Crippen molar-refractivity contribution < 1.29 is 17.1 Å². The van der Waals surface area contributed by atoms with Gasteiger partial charge < -0.3 is 9.30 Å². The molecule has 2 heteroatoms. The average molecular weight is 545 g/mol. The normalized spacial score (nSPS) is 15.0. The SMILES string of the molecule is [2H]c1c([2H])c([2H])c(-c2ccc3c4c(cccc24)-c2cc(-c4c([2H])c([2H])c([2H])c([2H])c4-n4c5ccccc5c5ccccc54)ccc2O3)c([2H])c1[2H]. The van der Waals surface area contributed by atoms with Crippen LogP contribution in [0.5, 0.6) is 11.5 Å². The molecule has 0 unspecified atom stereocenters. The van der Waals surface area contributed by atoms with Crippen molar-refractivity contribution in [3.05, 3.63) is 151 Å². The summed E-state index contributed by atoms with van der Waals surface area (Å²) in [6.45, 7) is 0. The number of benzene rings is 7. The lowest BCUT2D eigenvalue weighted by atomic mass is 9.89. The van der Waals surface area contributed by atoms with Gasteiger partial charge in [-0.05, 0) is 64.0 Å². The molecule has 0 saturated carbocycles. The Labute approximate surface area is 256 Å². The van der Waals surface area contributed by atoms with E-state index in [4.69, 9.17) is 14.3 Å². The van der Waals surface area contributed by atoms with E-state index in [0.29, 0.717) is 50.2 Å². The quantitative estimate of drug-likeness (QED) is 0.216. The summed E-state index contributed by atoms with van der Waals surface area (Å²) >= 11 is 0. The van der Waals surface area contributed by atoms with E-state index in [1.807, 2.05) is 77.4 Å². The van der Waals surface area contributed by atoms with E-state index in [0.717, 1.165) is 27.4 Å². The van der Waals surface area contributed by atoms with E-state index < -0.39 is 18.1 Å². The highest BCUT2D eigenvalue weighted by atomic mass is 16.5. The van der Waals surface area contributed by atoms with Crippen LogP contribution in [-0.2, 0) is 0 Å². The molecule has 42 heavy (non-hydrogen) atoms. The molecule has 0 saturated heterocycles. The van der Waals surface area contributed by atoms with Crippen molar-refractivity contribution in [2.24, 2.45) is 0 Å². The van der Waals surface area contributed by atoms with Gasteiger partial charge in [-0.15, -0.1) is 0 Å². The molecule has 2 nitrogen and oxygen atoms in total. The van der Waals surface area contributed by atoms with Crippen LogP contribution >= 0.6 is 0 Å². The van der Waals surface area contributed by atoms with Crippen LogP contribution in [0.4, 0.5) is 0 Å². The third-order valence-electron chi connectivity index (χ3n) is 8.02. The number of rotatable bonds is 3. The van der Waals surface area contributed by atoms with Crippen LogP contribution in [-0.4, -0.2) is 4.57 Å². The standard InChI is InChI=1S/C40H25NO/c1-2-11-26(12-3-1)28-22-24-39-40-32(28)16-10-17-33(40)34-25-27(21-23-38(34)42-39)29-13-4-7-18-35(29)41-36-19-8-5-14-30(36)31-15-6-9-20-37(31)41/h1-25H/i1D,2D,3D,4D,7D,11D,12D,13D,18D. The highest BCUT2D eigenvalue weighted by molar-refractivity contribution is 6.11.